The van der Waals surface area contributed by atoms with Crippen LogP contribution in [0.4, 0.5) is 0 Å². The fraction of sp³-hybridized carbons (Fsp3) is 0.500. The van der Waals surface area contributed by atoms with Crippen molar-refractivity contribution < 1.29 is 9.21 Å². The molecule has 1 aromatic heterocycles. The van der Waals surface area contributed by atoms with E-state index in [-0.39, 0.29) is 18.3 Å². The molecule has 3 rings (SSSR count). The van der Waals surface area contributed by atoms with Crippen molar-refractivity contribution in [2.45, 2.75) is 38.6 Å². The van der Waals surface area contributed by atoms with E-state index >= 15 is 0 Å². The maximum atomic E-state index is 11.8. The first kappa shape index (κ1) is 16.8. The molecule has 1 aromatic carbocycles. The van der Waals surface area contributed by atoms with E-state index in [1.54, 1.807) is 0 Å². The molecule has 1 unspecified atom stereocenters. The van der Waals surface area contributed by atoms with Crippen LogP contribution in [-0.2, 0) is 11.2 Å². The van der Waals surface area contributed by atoms with Crippen molar-refractivity contribution in [3.63, 3.8) is 0 Å². The van der Waals surface area contributed by atoms with Gasteiger partial charge in [-0.2, -0.15) is 0 Å². The number of rotatable bonds is 5. The van der Waals surface area contributed by atoms with E-state index in [0.29, 0.717) is 31.3 Å². The molecule has 0 radical (unpaired) electrons. The maximum Gasteiger partial charge on any atom is 0.221 e. The zero-order valence-electron chi connectivity index (χ0n) is 12.7. The molecule has 0 saturated carbocycles. The van der Waals surface area contributed by atoms with Crippen LogP contribution < -0.4 is 10.6 Å². The third kappa shape index (κ3) is 3.99. The predicted octanol–water partition coefficient (Wildman–Crippen LogP) is 2.36. The molecule has 6 heteroatoms. The molecule has 1 aliphatic rings. The Morgan fingerprint density at radius 3 is 3.09 bits per heavy atom. The normalized spacial score (nSPS) is 17.4. The van der Waals surface area contributed by atoms with Crippen molar-refractivity contribution in [2.24, 2.45) is 0 Å². The van der Waals surface area contributed by atoms with Crippen molar-refractivity contribution in [1.29, 1.82) is 0 Å². The highest BCUT2D eigenvalue weighted by molar-refractivity contribution is 5.85. The van der Waals surface area contributed by atoms with Crippen LogP contribution in [0.1, 0.15) is 30.7 Å². The second-order valence-electron chi connectivity index (χ2n) is 5.63. The van der Waals surface area contributed by atoms with Gasteiger partial charge in [-0.05, 0) is 37.9 Å². The summed E-state index contributed by atoms with van der Waals surface area (Å²) in [5.41, 5.74) is 2.83. The number of nitrogens with zero attached hydrogens (tertiary/aromatic N) is 1. The van der Waals surface area contributed by atoms with E-state index in [4.69, 9.17) is 4.42 Å². The van der Waals surface area contributed by atoms with Crippen LogP contribution in [0, 0.1) is 6.92 Å². The van der Waals surface area contributed by atoms with Crippen LogP contribution in [0.15, 0.2) is 22.6 Å². The summed E-state index contributed by atoms with van der Waals surface area (Å²) in [6.45, 7) is 3.61. The molecule has 2 aromatic rings. The summed E-state index contributed by atoms with van der Waals surface area (Å²) in [4.78, 5) is 16.3. The summed E-state index contributed by atoms with van der Waals surface area (Å²) in [6, 6.07) is 6.24. The van der Waals surface area contributed by atoms with Crippen LogP contribution in [0.5, 0.6) is 0 Å². The van der Waals surface area contributed by atoms with Gasteiger partial charge in [-0.25, -0.2) is 4.98 Å². The molecule has 0 spiro atoms. The molecule has 1 amide bonds. The van der Waals surface area contributed by atoms with E-state index in [1.807, 2.05) is 25.1 Å². The van der Waals surface area contributed by atoms with Gasteiger partial charge >= 0.3 is 0 Å². The summed E-state index contributed by atoms with van der Waals surface area (Å²) in [5.74, 6) is 0.778. The number of oxazole rings is 1. The van der Waals surface area contributed by atoms with Crippen molar-refractivity contribution >= 4 is 29.4 Å². The molecule has 0 bridgehead atoms. The van der Waals surface area contributed by atoms with Gasteiger partial charge in [0.05, 0.1) is 0 Å². The number of aryl methyl sites for hydroxylation is 1. The number of amides is 1. The lowest BCUT2D eigenvalue weighted by Gasteiger charge is -2.09. The van der Waals surface area contributed by atoms with Gasteiger partial charge in [0.15, 0.2) is 11.5 Å². The Bertz CT molecular complexity index is 635. The first-order chi connectivity index (χ1) is 10.2. The van der Waals surface area contributed by atoms with E-state index < -0.39 is 0 Å². The van der Waals surface area contributed by atoms with Crippen LogP contribution in [0.3, 0.4) is 0 Å². The van der Waals surface area contributed by atoms with Crippen LogP contribution in [0.25, 0.3) is 11.1 Å². The molecule has 1 fully saturated rings. The number of fused-ring (bicyclic) bond motifs is 1. The third-order valence-electron chi connectivity index (χ3n) is 3.92. The number of benzene rings is 1. The van der Waals surface area contributed by atoms with Gasteiger partial charge in [0.25, 0.3) is 0 Å². The number of nitrogens with one attached hydrogen (secondary N) is 2. The molecule has 120 valence electrons. The van der Waals surface area contributed by atoms with Crippen molar-refractivity contribution in [1.82, 2.24) is 15.6 Å². The monoisotopic (exact) mass is 323 g/mol. The van der Waals surface area contributed by atoms with Crippen LogP contribution in [0.2, 0.25) is 0 Å². The minimum absolute atomic E-state index is 0. The second-order valence-corrected chi connectivity index (χ2v) is 5.63. The first-order valence-corrected chi connectivity index (χ1v) is 7.57. The standard InChI is InChI=1S/C16H21N3O2.ClH/c1-11-4-2-6-13-16(11)19-15(21-13)7-9-18-14(20)10-12-5-3-8-17-12;/h2,4,6,12,17H,3,5,7-10H2,1H3,(H,18,20);1H. The lowest BCUT2D eigenvalue weighted by atomic mass is 10.1. The van der Waals surface area contributed by atoms with Gasteiger partial charge in [-0.3, -0.25) is 4.79 Å². The van der Waals surface area contributed by atoms with Crippen LogP contribution >= 0.6 is 12.4 Å². The van der Waals surface area contributed by atoms with Gasteiger partial charge in [0, 0.05) is 25.4 Å². The third-order valence-corrected chi connectivity index (χ3v) is 3.92. The number of para-hydroxylation sites is 1. The number of halogens is 1. The number of carbonyl (C=O) groups is 1. The maximum absolute atomic E-state index is 11.8. The topological polar surface area (TPSA) is 67.2 Å². The minimum Gasteiger partial charge on any atom is -0.441 e. The Labute approximate surface area is 136 Å². The molecule has 0 aliphatic carbocycles. The summed E-state index contributed by atoms with van der Waals surface area (Å²) >= 11 is 0. The number of aromatic nitrogens is 1. The highest BCUT2D eigenvalue weighted by Gasteiger charge is 2.17. The zero-order valence-corrected chi connectivity index (χ0v) is 13.5. The Hall–Kier alpha value is -1.59. The lowest BCUT2D eigenvalue weighted by molar-refractivity contribution is -0.121. The van der Waals surface area contributed by atoms with Gasteiger partial charge in [-0.1, -0.05) is 12.1 Å². The largest absolute Gasteiger partial charge is 0.441 e. The van der Waals surface area contributed by atoms with E-state index in [0.717, 1.165) is 29.6 Å². The summed E-state index contributed by atoms with van der Waals surface area (Å²) in [5, 5.41) is 6.27. The molecule has 22 heavy (non-hydrogen) atoms. The molecule has 5 nitrogen and oxygen atoms in total. The van der Waals surface area contributed by atoms with Crippen molar-refractivity contribution in [2.75, 3.05) is 13.1 Å². The number of hydrogen-bond donors (Lipinski definition) is 2. The Morgan fingerprint density at radius 1 is 1.50 bits per heavy atom. The highest BCUT2D eigenvalue weighted by Crippen LogP contribution is 2.18. The fourth-order valence-corrected chi connectivity index (χ4v) is 2.77. The van der Waals surface area contributed by atoms with Gasteiger partial charge in [0.1, 0.15) is 5.52 Å². The Kier molecular flexibility index (Phi) is 5.80. The van der Waals surface area contributed by atoms with Crippen molar-refractivity contribution in [3.8, 4) is 0 Å². The van der Waals surface area contributed by atoms with Crippen molar-refractivity contribution in [3.05, 3.63) is 29.7 Å². The number of carbonyl (C=O) groups excluding carboxylic acids is 1. The van der Waals surface area contributed by atoms with E-state index in [2.05, 4.69) is 15.6 Å². The SMILES string of the molecule is Cc1cccc2oc(CCNC(=O)CC3CCCN3)nc12.Cl. The second kappa shape index (κ2) is 7.61. The Balaban J connectivity index is 0.00000176. The molecule has 1 aliphatic heterocycles. The lowest BCUT2D eigenvalue weighted by Crippen LogP contribution is -2.32. The molecule has 2 heterocycles. The average Bonchev–Trinajstić information content (AvgIpc) is 3.08. The summed E-state index contributed by atoms with van der Waals surface area (Å²) < 4.78 is 5.69. The smallest absolute Gasteiger partial charge is 0.221 e. The van der Waals surface area contributed by atoms with Gasteiger partial charge in [0.2, 0.25) is 5.91 Å². The molecular weight excluding hydrogens is 302 g/mol. The number of hydrogen-bond acceptors (Lipinski definition) is 4. The summed E-state index contributed by atoms with van der Waals surface area (Å²) in [7, 11) is 0. The van der Waals surface area contributed by atoms with Gasteiger partial charge in [-0.15, -0.1) is 12.4 Å². The van der Waals surface area contributed by atoms with Gasteiger partial charge < -0.3 is 15.1 Å². The Morgan fingerprint density at radius 2 is 2.36 bits per heavy atom. The minimum atomic E-state index is 0. The first-order valence-electron chi connectivity index (χ1n) is 7.57. The fourth-order valence-electron chi connectivity index (χ4n) is 2.77. The van der Waals surface area contributed by atoms with E-state index in [9.17, 15) is 4.79 Å². The molecule has 1 saturated heterocycles. The zero-order chi connectivity index (χ0) is 14.7. The molecule has 1 atom stereocenters. The molecular formula is C16H22ClN3O2. The summed E-state index contributed by atoms with van der Waals surface area (Å²) in [6.07, 6.45) is 3.45. The highest BCUT2D eigenvalue weighted by atomic mass is 35.5. The predicted molar refractivity (Wildman–Crippen MR) is 88.3 cm³/mol. The van der Waals surface area contributed by atoms with E-state index in [1.165, 1.54) is 6.42 Å². The average molecular weight is 324 g/mol. The molecule has 2 N–H and O–H groups in total. The quantitative estimate of drug-likeness (QED) is 0.886. The van der Waals surface area contributed by atoms with Crippen LogP contribution in [-0.4, -0.2) is 30.0 Å².